The number of alkyl halides is 3. The third kappa shape index (κ3) is 5.26. The smallest absolute Gasteiger partial charge is 0.350 e. The third-order valence-corrected chi connectivity index (χ3v) is 4.44. The van der Waals surface area contributed by atoms with Gasteiger partial charge in [-0.05, 0) is 23.1 Å². The molecule has 0 saturated carbocycles. The van der Waals surface area contributed by atoms with Crippen LogP contribution in [-0.2, 0) is 17.8 Å². The van der Waals surface area contributed by atoms with Crippen LogP contribution in [0, 0.1) is 0 Å². The zero-order valence-corrected chi connectivity index (χ0v) is 15.4. The molecule has 3 rings (SSSR count). The van der Waals surface area contributed by atoms with Gasteiger partial charge in [-0.3, -0.25) is 0 Å². The van der Waals surface area contributed by atoms with Gasteiger partial charge in [-0.15, -0.1) is 0 Å². The van der Waals surface area contributed by atoms with E-state index >= 15 is 0 Å². The molecule has 9 heteroatoms. The Labute approximate surface area is 165 Å². The van der Waals surface area contributed by atoms with E-state index in [1.165, 1.54) is 0 Å². The highest BCUT2D eigenvalue weighted by atomic mass is 19.4. The summed E-state index contributed by atoms with van der Waals surface area (Å²) in [4.78, 5) is 16.1. The number of nitrogens with zero attached hydrogens (tertiary/aromatic N) is 1. The number of carbonyl (C=O) groups excluding carboxylic acids is 1. The minimum Gasteiger partial charge on any atom is -0.350 e. The Hall–Kier alpha value is -3.07. The molecular formula is C20H20F3N3O3. The molecule has 0 bridgehead atoms. The molecule has 0 aliphatic carbocycles. The van der Waals surface area contributed by atoms with Gasteiger partial charge in [0, 0.05) is 13.1 Å². The molecule has 2 amide bonds. The number of rotatable bonds is 6. The Bertz CT molecular complexity index is 870. The molecule has 29 heavy (non-hydrogen) atoms. The number of urea groups is 1. The van der Waals surface area contributed by atoms with E-state index < -0.39 is 18.4 Å². The Balaban J connectivity index is 1.44. The van der Waals surface area contributed by atoms with Crippen LogP contribution in [0.4, 0.5) is 18.0 Å². The minimum absolute atomic E-state index is 0.00277. The molecule has 1 atom stereocenters. The molecule has 1 unspecified atom stereocenters. The van der Waals surface area contributed by atoms with E-state index in [9.17, 15) is 23.1 Å². The number of oxime groups is 1. The molecule has 0 fully saturated rings. The van der Waals surface area contributed by atoms with E-state index in [0.717, 1.165) is 17.5 Å². The maximum Gasteiger partial charge on any atom is 0.458 e. The fraction of sp³-hybridized carbons (Fsp3) is 0.300. The molecule has 0 radical (unpaired) electrons. The summed E-state index contributed by atoms with van der Waals surface area (Å²) in [5.41, 5.74) is 2.29. The van der Waals surface area contributed by atoms with Crippen LogP contribution in [0.15, 0.2) is 59.8 Å². The maximum absolute atomic E-state index is 12.8. The van der Waals surface area contributed by atoms with Gasteiger partial charge in [-0.1, -0.05) is 59.8 Å². The second-order valence-electron chi connectivity index (χ2n) is 6.63. The van der Waals surface area contributed by atoms with Crippen LogP contribution in [-0.4, -0.2) is 35.4 Å². The van der Waals surface area contributed by atoms with Crippen molar-refractivity contribution in [2.75, 3.05) is 6.54 Å². The lowest BCUT2D eigenvalue weighted by Crippen LogP contribution is -2.45. The largest absolute Gasteiger partial charge is 0.458 e. The quantitative estimate of drug-likeness (QED) is 0.688. The number of carbonyl (C=O) groups is 1. The lowest BCUT2D eigenvalue weighted by molar-refractivity contribution is -0.355. The van der Waals surface area contributed by atoms with Gasteiger partial charge in [-0.2, -0.15) is 13.2 Å². The standard InChI is InChI=1S/C20H20F3N3O3/c21-20(22,23)19(28)12-17(26-29-19)16-8-6-15(7-9-16)13-25-18(27)24-11-10-14-4-2-1-3-5-14/h1-9,28H,10-13H2,(H2,24,25,27). The summed E-state index contributed by atoms with van der Waals surface area (Å²) < 4.78 is 38.3. The van der Waals surface area contributed by atoms with Gasteiger partial charge in [0.25, 0.3) is 0 Å². The van der Waals surface area contributed by atoms with Crippen molar-refractivity contribution in [3.05, 3.63) is 71.3 Å². The summed E-state index contributed by atoms with van der Waals surface area (Å²) in [5, 5.41) is 18.3. The number of amides is 2. The molecule has 2 aromatic carbocycles. The summed E-state index contributed by atoms with van der Waals surface area (Å²) in [6.45, 7) is 0.754. The van der Waals surface area contributed by atoms with Gasteiger partial charge in [0.1, 0.15) is 0 Å². The Kier molecular flexibility index (Phi) is 6.07. The predicted octanol–water partition coefficient (Wildman–Crippen LogP) is 3.10. The fourth-order valence-electron chi connectivity index (χ4n) is 2.75. The number of aliphatic hydroxyl groups is 1. The first kappa shape index (κ1) is 20.7. The molecule has 0 saturated heterocycles. The van der Waals surface area contributed by atoms with Crippen LogP contribution in [0.2, 0.25) is 0 Å². The average molecular weight is 407 g/mol. The Morgan fingerprint density at radius 1 is 1.07 bits per heavy atom. The molecule has 6 nitrogen and oxygen atoms in total. The zero-order valence-electron chi connectivity index (χ0n) is 15.4. The second-order valence-corrected chi connectivity index (χ2v) is 6.63. The molecule has 1 heterocycles. The van der Waals surface area contributed by atoms with Crippen molar-refractivity contribution in [3.63, 3.8) is 0 Å². The Morgan fingerprint density at radius 3 is 2.38 bits per heavy atom. The molecule has 2 aromatic rings. The van der Waals surface area contributed by atoms with Gasteiger partial charge < -0.3 is 20.6 Å². The van der Waals surface area contributed by atoms with Crippen molar-refractivity contribution in [3.8, 4) is 0 Å². The lowest BCUT2D eigenvalue weighted by Gasteiger charge is -2.22. The van der Waals surface area contributed by atoms with Crippen molar-refractivity contribution < 1.29 is 27.9 Å². The highest BCUT2D eigenvalue weighted by molar-refractivity contribution is 6.01. The van der Waals surface area contributed by atoms with E-state index in [1.807, 2.05) is 30.3 Å². The summed E-state index contributed by atoms with van der Waals surface area (Å²) in [6.07, 6.45) is -4.99. The molecular weight excluding hydrogens is 387 g/mol. The van der Waals surface area contributed by atoms with E-state index in [0.29, 0.717) is 12.1 Å². The number of nitrogens with one attached hydrogen (secondary N) is 2. The topological polar surface area (TPSA) is 83.0 Å². The number of hydrogen-bond acceptors (Lipinski definition) is 4. The first-order valence-corrected chi connectivity index (χ1v) is 8.96. The number of hydrogen-bond donors (Lipinski definition) is 3. The van der Waals surface area contributed by atoms with Crippen LogP contribution in [0.25, 0.3) is 0 Å². The second kappa shape index (κ2) is 8.52. The SMILES string of the molecule is O=C(NCCc1ccccc1)NCc1ccc(C2=NOC(O)(C(F)(F)F)C2)cc1. The van der Waals surface area contributed by atoms with Crippen molar-refractivity contribution >= 4 is 11.7 Å². The Morgan fingerprint density at radius 2 is 1.76 bits per heavy atom. The first-order valence-electron chi connectivity index (χ1n) is 8.96. The molecule has 1 aliphatic heterocycles. The monoisotopic (exact) mass is 407 g/mol. The first-order chi connectivity index (χ1) is 13.8. The molecule has 3 N–H and O–H groups in total. The third-order valence-electron chi connectivity index (χ3n) is 4.44. The van der Waals surface area contributed by atoms with E-state index in [-0.39, 0.29) is 18.3 Å². The van der Waals surface area contributed by atoms with Gasteiger partial charge >= 0.3 is 18.0 Å². The summed E-state index contributed by atoms with van der Waals surface area (Å²) in [5.74, 6) is -3.29. The zero-order chi connectivity index (χ0) is 20.9. The minimum atomic E-state index is -4.93. The average Bonchev–Trinajstić information content (AvgIpc) is 3.11. The molecule has 0 spiro atoms. The van der Waals surface area contributed by atoms with E-state index in [2.05, 4.69) is 20.6 Å². The van der Waals surface area contributed by atoms with Crippen molar-refractivity contribution in [2.45, 2.75) is 31.3 Å². The summed E-state index contributed by atoms with van der Waals surface area (Å²) in [6, 6.07) is 15.9. The van der Waals surface area contributed by atoms with Gasteiger partial charge in [-0.25, -0.2) is 4.79 Å². The van der Waals surface area contributed by atoms with Crippen molar-refractivity contribution in [1.82, 2.24) is 10.6 Å². The highest BCUT2D eigenvalue weighted by Gasteiger charge is 2.60. The summed E-state index contributed by atoms with van der Waals surface area (Å²) in [7, 11) is 0. The highest BCUT2D eigenvalue weighted by Crippen LogP contribution is 2.38. The molecule has 0 aromatic heterocycles. The van der Waals surface area contributed by atoms with Crippen LogP contribution in [0.1, 0.15) is 23.1 Å². The van der Waals surface area contributed by atoms with E-state index in [1.54, 1.807) is 24.3 Å². The lowest BCUT2D eigenvalue weighted by atomic mass is 10.0. The van der Waals surface area contributed by atoms with Gasteiger partial charge in [0.2, 0.25) is 0 Å². The predicted molar refractivity (Wildman–Crippen MR) is 100 cm³/mol. The molecule has 154 valence electrons. The summed E-state index contributed by atoms with van der Waals surface area (Å²) >= 11 is 0. The van der Waals surface area contributed by atoms with Crippen LogP contribution in [0.3, 0.4) is 0 Å². The van der Waals surface area contributed by atoms with Crippen molar-refractivity contribution in [2.24, 2.45) is 5.16 Å². The number of benzene rings is 2. The number of halogens is 3. The van der Waals surface area contributed by atoms with Gasteiger partial charge in [0.15, 0.2) is 0 Å². The van der Waals surface area contributed by atoms with Crippen molar-refractivity contribution in [1.29, 1.82) is 0 Å². The van der Waals surface area contributed by atoms with Gasteiger partial charge in [0.05, 0.1) is 12.1 Å². The van der Waals surface area contributed by atoms with Crippen LogP contribution in [0.5, 0.6) is 0 Å². The van der Waals surface area contributed by atoms with E-state index in [4.69, 9.17) is 0 Å². The maximum atomic E-state index is 12.8. The molecule has 1 aliphatic rings. The normalized spacial score (nSPS) is 18.7. The van der Waals surface area contributed by atoms with Crippen LogP contribution >= 0.6 is 0 Å². The fourth-order valence-corrected chi connectivity index (χ4v) is 2.75. The van der Waals surface area contributed by atoms with Crippen LogP contribution < -0.4 is 10.6 Å².